The summed E-state index contributed by atoms with van der Waals surface area (Å²) < 4.78 is 26.7. The lowest BCUT2D eigenvalue weighted by molar-refractivity contribution is 0.589. The van der Waals surface area contributed by atoms with E-state index in [1.165, 1.54) is 6.07 Å². The monoisotopic (exact) mass is 236 g/mol. The van der Waals surface area contributed by atoms with E-state index in [9.17, 15) is 8.78 Å². The molecule has 2 rings (SSSR count). The Morgan fingerprint density at radius 2 is 2.00 bits per heavy atom. The van der Waals surface area contributed by atoms with E-state index < -0.39 is 11.6 Å². The molecule has 4 heteroatoms. The zero-order valence-electron chi connectivity index (χ0n) is 9.80. The molecule has 0 radical (unpaired) electrons. The number of benzene rings is 1. The van der Waals surface area contributed by atoms with Gasteiger partial charge in [-0.15, -0.1) is 0 Å². The van der Waals surface area contributed by atoms with Crippen LogP contribution >= 0.6 is 0 Å². The maximum atomic E-state index is 13.6. The van der Waals surface area contributed by atoms with Crippen LogP contribution in [-0.4, -0.2) is 11.0 Å². The Bertz CT molecular complexity index is 565. The molecule has 1 atom stereocenters. The second-order valence-electron chi connectivity index (χ2n) is 4.40. The Kier molecular flexibility index (Phi) is 3.07. The molecule has 1 aromatic heterocycles. The second kappa shape index (κ2) is 4.37. The number of fused-ring (bicyclic) bond motifs is 1. The van der Waals surface area contributed by atoms with Crippen LogP contribution in [0.3, 0.4) is 0 Å². The van der Waals surface area contributed by atoms with E-state index in [1.807, 2.05) is 19.9 Å². The summed E-state index contributed by atoms with van der Waals surface area (Å²) >= 11 is 0. The number of nitrogens with zero attached hydrogens (tertiary/aromatic N) is 1. The summed E-state index contributed by atoms with van der Waals surface area (Å²) in [6, 6.07) is 3.94. The molecule has 0 saturated heterocycles. The average molecular weight is 236 g/mol. The molecule has 0 amide bonds. The molecule has 0 spiro atoms. The molecule has 0 bridgehead atoms. The van der Waals surface area contributed by atoms with Crippen molar-refractivity contribution in [3.05, 3.63) is 41.1 Å². The van der Waals surface area contributed by atoms with E-state index >= 15 is 0 Å². The molecular weight excluding hydrogens is 222 g/mol. The highest BCUT2D eigenvalue weighted by Gasteiger charge is 2.10. The normalized spacial score (nSPS) is 13.0. The summed E-state index contributed by atoms with van der Waals surface area (Å²) in [5.41, 5.74) is 7.44. The van der Waals surface area contributed by atoms with Gasteiger partial charge in [0.15, 0.2) is 5.82 Å². The molecule has 0 aliphatic rings. The third-order valence-electron chi connectivity index (χ3n) is 2.62. The molecule has 1 heterocycles. The number of aromatic nitrogens is 1. The lowest BCUT2D eigenvalue weighted by Crippen LogP contribution is -2.18. The Labute approximate surface area is 98.5 Å². The predicted molar refractivity (Wildman–Crippen MR) is 63.7 cm³/mol. The van der Waals surface area contributed by atoms with Gasteiger partial charge in [0.25, 0.3) is 0 Å². The van der Waals surface area contributed by atoms with E-state index in [0.717, 1.165) is 17.3 Å². The third-order valence-corrected chi connectivity index (χ3v) is 2.62. The molecule has 2 nitrogen and oxygen atoms in total. The molecule has 2 aromatic rings. The van der Waals surface area contributed by atoms with Gasteiger partial charge in [0, 0.05) is 29.6 Å². The zero-order chi connectivity index (χ0) is 12.6. The highest BCUT2D eigenvalue weighted by molar-refractivity contribution is 5.82. The predicted octanol–water partition coefficient (Wildman–Crippen LogP) is 2.71. The lowest BCUT2D eigenvalue weighted by atomic mass is 10.1. The first-order valence-corrected chi connectivity index (χ1v) is 5.48. The smallest absolute Gasteiger partial charge is 0.152 e. The number of pyridine rings is 1. The molecule has 1 aromatic carbocycles. The summed E-state index contributed by atoms with van der Waals surface area (Å²) in [4.78, 5) is 4.20. The average Bonchev–Trinajstić information content (AvgIpc) is 2.19. The standard InChI is InChI=1S/C13H14F2N2/c1-7-3-10(4-8(2)16)17-13-11(7)5-9(14)6-12(13)15/h3,5-6,8H,4,16H2,1-2H3. The number of aryl methyl sites for hydroxylation is 1. The topological polar surface area (TPSA) is 38.9 Å². The van der Waals surface area contributed by atoms with Crippen molar-refractivity contribution in [3.63, 3.8) is 0 Å². The summed E-state index contributed by atoms with van der Waals surface area (Å²) in [5, 5.41) is 0.510. The maximum Gasteiger partial charge on any atom is 0.152 e. The first-order chi connectivity index (χ1) is 7.97. The minimum absolute atomic E-state index is 0.0390. The van der Waals surface area contributed by atoms with Crippen molar-refractivity contribution in [3.8, 4) is 0 Å². The van der Waals surface area contributed by atoms with Crippen LogP contribution in [0.15, 0.2) is 18.2 Å². The van der Waals surface area contributed by atoms with E-state index in [-0.39, 0.29) is 11.6 Å². The van der Waals surface area contributed by atoms with Crippen molar-refractivity contribution < 1.29 is 8.78 Å². The van der Waals surface area contributed by atoms with Crippen LogP contribution in [0.4, 0.5) is 8.78 Å². The summed E-state index contributed by atoms with van der Waals surface area (Å²) in [7, 11) is 0. The lowest BCUT2D eigenvalue weighted by Gasteiger charge is -2.09. The van der Waals surface area contributed by atoms with E-state index in [1.54, 1.807) is 0 Å². The van der Waals surface area contributed by atoms with Gasteiger partial charge in [-0.3, -0.25) is 0 Å². The fraction of sp³-hybridized carbons (Fsp3) is 0.308. The molecule has 90 valence electrons. The number of nitrogens with two attached hydrogens (primary N) is 1. The van der Waals surface area contributed by atoms with Gasteiger partial charge >= 0.3 is 0 Å². The highest BCUT2D eigenvalue weighted by atomic mass is 19.1. The number of hydrogen-bond donors (Lipinski definition) is 1. The van der Waals surface area contributed by atoms with Crippen LogP contribution in [0.1, 0.15) is 18.2 Å². The van der Waals surface area contributed by atoms with Gasteiger partial charge in [0.05, 0.1) is 0 Å². The number of rotatable bonds is 2. The van der Waals surface area contributed by atoms with Crippen LogP contribution in [0.25, 0.3) is 10.9 Å². The largest absolute Gasteiger partial charge is 0.328 e. The fourth-order valence-corrected chi connectivity index (χ4v) is 1.92. The number of hydrogen-bond acceptors (Lipinski definition) is 2. The zero-order valence-corrected chi connectivity index (χ0v) is 9.80. The molecule has 0 aliphatic heterocycles. The van der Waals surface area contributed by atoms with Gasteiger partial charge < -0.3 is 5.73 Å². The van der Waals surface area contributed by atoms with E-state index in [0.29, 0.717) is 11.8 Å². The van der Waals surface area contributed by atoms with E-state index in [4.69, 9.17) is 5.73 Å². The van der Waals surface area contributed by atoms with Crippen molar-refractivity contribution in [2.45, 2.75) is 26.3 Å². The summed E-state index contributed by atoms with van der Waals surface area (Å²) in [6.45, 7) is 3.68. The third kappa shape index (κ3) is 2.42. The Morgan fingerprint density at radius 1 is 1.29 bits per heavy atom. The SMILES string of the molecule is Cc1cc(CC(C)N)nc2c(F)cc(F)cc12. The van der Waals surface area contributed by atoms with Crippen molar-refractivity contribution in [1.82, 2.24) is 4.98 Å². The highest BCUT2D eigenvalue weighted by Crippen LogP contribution is 2.22. The van der Waals surface area contributed by atoms with E-state index in [2.05, 4.69) is 4.98 Å². The van der Waals surface area contributed by atoms with Crippen molar-refractivity contribution >= 4 is 10.9 Å². The maximum absolute atomic E-state index is 13.6. The van der Waals surface area contributed by atoms with Gasteiger partial charge in [-0.05, 0) is 31.5 Å². The van der Waals surface area contributed by atoms with Gasteiger partial charge in [0.1, 0.15) is 11.3 Å². The van der Waals surface area contributed by atoms with Crippen LogP contribution in [0.5, 0.6) is 0 Å². The second-order valence-corrected chi connectivity index (χ2v) is 4.40. The van der Waals surface area contributed by atoms with Crippen LogP contribution in [-0.2, 0) is 6.42 Å². The Hall–Kier alpha value is -1.55. The fourth-order valence-electron chi connectivity index (χ4n) is 1.92. The van der Waals surface area contributed by atoms with Gasteiger partial charge in [-0.2, -0.15) is 0 Å². The molecule has 0 aliphatic carbocycles. The van der Waals surface area contributed by atoms with Gasteiger partial charge in [0.2, 0.25) is 0 Å². The molecule has 1 unspecified atom stereocenters. The first-order valence-electron chi connectivity index (χ1n) is 5.48. The van der Waals surface area contributed by atoms with Crippen LogP contribution in [0.2, 0.25) is 0 Å². The number of halogens is 2. The molecule has 0 saturated carbocycles. The van der Waals surface area contributed by atoms with Crippen molar-refractivity contribution in [1.29, 1.82) is 0 Å². The first kappa shape index (κ1) is 11.9. The Morgan fingerprint density at radius 3 is 2.65 bits per heavy atom. The summed E-state index contributed by atoms with van der Waals surface area (Å²) in [6.07, 6.45) is 0.577. The van der Waals surface area contributed by atoms with Crippen LogP contribution in [0, 0.1) is 18.6 Å². The summed E-state index contributed by atoms with van der Waals surface area (Å²) in [5.74, 6) is -1.21. The minimum Gasteiger partial charge on any atom is -0.328 e. The van der Waals surface area contributed by atoms with Crippen molar-refractivity contribution in [2.75, 3.05) is 0 Å². The van der Waals surface area contributed by atoms with Gasteiger partial charge in [-0.25, -0.2) is 13.8 Å². The van der Waals surface area contributed by atoms with Crippen molar-refractivity contribution in [2.24, 2.45) is 5.73 Å². The molecule has 17 heavy (non-hydrogen) atoms. The van der Waals surface area contributed by atoms with Gasteiger partial charge in [-0.1, -0.05) is 0 Å². The Balaban J connectivity index is 2.64. The van der Waals surface area contributed by atoms with Crippen LogP contribution < -0.4 is 5.73 Å². The molecule has 0 fully saturated rings. The minimum atomic E-state index is -0.630. The molecular formula is C13H14F2N2. The molecule has 2 N–H and O–H groups in total. The quantitative estimate of drug-likeness (QED) is 0.870.